The largest absolute Gasteiger partial charge is 0.481 e. The highest BCUT2D eigenvalue weighted by Crippen LogP contribution is 2.03. The fourth-order valence-electron chi connectivity index (χ4n) is 1.20. The Kier molecular flexibility index (Phi) is 4.77. The molecule has 2 N–H and O–H groups in total. The van der Waals surface area contributed by atoms with E-state index in [1.165, 1.54) is 6.92 Å². The lowest BCUT2D eigenvalue weighted by molar-refractivity contribution is -0.136. The Hall–Kier alpha value is -2.28. The van der Waals surface area contributed by atoms with Gasteiger partial charge >= 0.3 is 5.97 Å². The number of rotatable bonds is 3. The zero-order valence-corrected chi connectivity index (χ0v) is 9.49. The Morgan fingerprint density at radius 3 is 2.47 bits per heavy atom. The van der Waals surface area contributed by atoms with Crippen molar-refractivity contribution in [2.75, 3.05) is 6.54 Å². The predicted molar refractivity (Wildman–Crippen MR) is 63.3 cm³/mol. The van der Waals surface area contributed by atoms with Crippen molar-refractivity contribution < 1.29 is 14.7 Å². The van der Waals surface area contributed by atoms with Gasteiger partial charge in [0.2, 0.25) is 5.91 Å². The van der Waals surface area contributed by atoms with Crippen LogP contribution in [0.5, 0.6) is 0 Å². The number of nitrogens with one attached hydrogen (secondary N) is 1. The molecule has 0 aromatic heterocycles. The first-order valence-corrected chi connectivity index (χ1v) is 5.12. The summed E-state index contributed by atoms with van der Waals surface area (Å²) in [5.41, 5.74) is 1.54. The normalized spacial score (nSPS) is 9.00. The second-order valence-corrected chi connectivity index (χ2v) is 3.48. The Labute approximate surface area is 99.7 Å². The summed E-state index contributed by atoms with van der Waals surface area (Å²) in [6.07, 6.45) is 0.0135. The average Bonchev–Trinajstić information content (AvgIpc) is 2.25. The minimum Gasteiger partial charge on any atom is -0.481 e. The molecule has 1 aromatic carbocycles. The summed E-state index contributed by atoms with van der Waals surface area (Å²) in [5, 5.41) is 11.2. The first kappa shape index (κ1) is 12.8. The van der Waals surface area contributed by atoms with Crippen molar-refractivity contribution in [3.05, 3.63) is 35.4 Å². The first-order valence-electron chi connectivity index (χ1n) is 5.12. The molecule has 0 radical (unpaired) electrons. The number of carboxylic acids is 1. The van der Waals surface area contributed by atoms with E-state index in [-0.39, 0.29) is 12.3 Å². The third-order valence-electron chi connectivity index (χ3n) is 1.97. The summed E-state index contributed by atoms with van der Waals surface area (Å²) in [6.45, 7) is 1.74. The van der Waals surface area contributed by atoms with Crippen molar-refractivity contribution in [2.24, 2.45) is 0 Å². The van der Waals surface area contributed by atoms with E-state index in [0.717, 1.165) is 11.1 Å². The van der Waals surface area contributed by atoms with E-state index in [1.807, 2.05) is 0 Å². The second kappa shape index (κ2) is 6.33. The van der Waals surface area contributed by atoms with E-state index >= 15 is 0 Å². The summed E-state index contributed by atoms with van der Waals surface area (Å²) in [4.78, 5) is 21.0. The molecule has 0 spiro atoms. The highest BCUT2D eigenvalue weighted by atomic mass is 16.4. The van der Waals surface area contributed by atoms with Crippen molar-refractivity contribution in [3.63, 3.8) is 0 Å². The molecule has 0 bridgehead atoms. The molecule has 1 amide bonds. The maximum atomic E-state index is 10.6. The topological polar surface area (TPSA) is 66.4 Å². The molecule has 0 aliphatic rings. The molecule has 1 rings (SSSR count). The fourth-order valence-corrected chi connectivity index (χ4v) is 1.20. The molecule has 88 valence electrons. The van der Waals surface area contributed by atoms with Gasteiger partial charge in [0.15, 0.2) is 0 Å². The van der Waals surface area contributed by atoms with Gasteiger partial charge in [0, 0.05) is 12.5 Å². The standard InChI is InChI=1S/C13H13NO3/c1-10(15)14-8-2-3-11-4-6-12(7-5-11)9-13(16)17/h4-7H,8-9H2,1H3,(H,14,15)(H,16,17). The fraction of sp³-hybridized carbons (Fsp3) is 0.231. The molecule has 4 nitrogen and oxygen atoms in total. The number of carbonyl (C=O) groups is 2. The van der Waals surface area contributed by atoms with Gasteiger partial charge in [-0.05, 0) is 17.7 Å². The second-order valence-electron chi connectivity index (χ2n) is 3.48. The molecular weight excluding hydrogens is 218 g/mol. The van der Waals surface area contributed by atoms with Crippen LogP contribution in [0.2, 0.25) is 0 Å². The lowest BCUT2D eigenvalue weighted by Gasteiger charge is -1.96. The Bertz CT molecular complexity index is 466. The third kappa shape index (κ3) is 5.38. The molecule has 0 aliphatic heterocycles. The summed E-state index contributed by atoms with van der Waals surface area (Å²) < 4.78 is 0. The minimum absolute atomic E-state index is 0.0135. The van der Waals surface area contributed by atoms with Crippen LogP contribution in [0.1, 0.15) is 18.1 Å². The quantitative estimate of drug-likeness (QED) is 0.756. The molecule has 0 heterocycles. The average molecular weight is 231 g/mol. The van der Waals surface area contributed by atoms with Crippen LogP contribution in [0.15, 0.2) is 24.3 Å². The lowest BCUT2D eigenvalue weighted by atomic mass is 10.1. The minimum atomic E-state index is -0.852. The molecule has 0 saturated heterocycles. The highest BCUT2D eigenvalue weighted by Gasteiger charge is 1.98. The van der Waals surface area contributed by atoms with Gasteiger partial charge in [0.1, 0.15) is 0 Å². The smallest absolute Gasteiger partial charge is 0.307 e. The van der Waals surface area contributed by atoms with E-state index in [0.29, 0.717) is 6.54 Å². The van der Waals surface area contributed by atoms with Gasteiger partial charge < -0.3 is 10.4 Å². The van der Waals surface area contributed by atoms with Crippen molar-refractivity contribution in [1.82, 2.24) is 5.32 Å². The zero-order chi connectivity index (χ0) is 12.7. The summed E-state index contributed by atoms with van der Waals surface area (Å²) in [6, 6.07) is 6.99. The molecule has 0 atom stereocenters. The van der Waals surface area contributed by atoms with Crippen LogP contribution in [-0.2, 0) is 16.0 Å². The van der Waals surface area contributed by atoms with Gasteiger partial charge in [0.25, 0.3) is 0 Å². The van der Waals surface area contributed by atoms with E-state index in [2.05, 4.69) is 17.2 Å². The molecule has 1 aromatic rings. The van der Waals surface area contributed by atoms with E-state index < -0.39 is 5.97 Å². The monoisotopic (exact) mass is 231 g/mol. The van der Waals surface area contributed by atoms with E-state index in [4.69, 9.17) is 5.11 Å². The van der Waals surface area contributed by atoms with Crippen LogP contribution in [0.4, 0.5) is 0 Å². The van der Waals surface area contributed by atoms with Gasteiger partial charge in [0.05, 0.1) is 13.0 Å². The number of hydrogen-bond acceptors (Lipinski definition) is 2. The Balaban J connectivity index is 2.55. The summed E-state index contributed by atoms with van der Waals surface area (Å²) in [5.74, 6) is 4.70. The number of hydrogen-bond donors (Lipinski definition) is 2. The van der Waals surface area contributed by atoms with Crippen LogP contribution >= 0.6 is 0 Å². The van der Waals surface area contributed by atoms with Crippen LogP contribution in [0.25, 0.3) is 0 Å². The predicted octanol–water partition coefficient (Wildman–Crippen LogP) is 0.801. The van der Waals surface area contributed by atoms with Gasteiger partial charge in [-0.3, -0.25) is 9.59 Å². The van der Waals surface area contributed by atoms with E-state index in [1.54, 1.807) is 24.3 Å². The molecule has 0 aliphatic carbocycles. The molecule has 17 heavy (non-hydrogen) atoms. The number of carbonyl (C=O) groups excluding carboxylic acids is 1. The molecule has 0 unspecified atom stereocenters. The lowest BCUT2D eigenvalue weighted by Crippen LogP contribution is -2.19. The van der Waals surface area contributed by atoms with Crippen LogP contribution in [0, 0.1) is 11.8 Å². The molecule has 4 heteroatoms. The van der Waals surface area contributed by atoms with Crippen LogP contribution in [-0.4, -0.2) is 23.5 Å². The van der Waals surface area contributed by atoms with Gasteiger partial charge in [-0.2, -0.15) is 0 Å². The van der Waals surface area contributed by atoms with Gasteiger partial charge in [-0.25, -0.2) is 0 Å². The zero-order valence-electron chi connectivity index (χ0n) is 9.49. The summed E-state index contributed by atoms with van der Waals surface area (Å²) in [7, 11) is 0. The third-order valence-corrected chi connectivity index (χ3v) is 1.97. The highest BCUT2D eigenvalue weighted by molar-refractivity contribution is 5.73. The first-order chi connectivity index (χ1) is 8.08. The van der Waals surface area contributed by atoms with Crippen LogP contribution in [0.3, 0.4) is 0 Å². The molecular formula is C13H13NO3. The van der Waals surface area contributed by atoms with Gasteiger partial charge in [-0.1, -0.05) is 24.0 Å². The SMILES string of the molecule is CC(=O)NCC#Cc1ccc(CC(=O)O)cc1. The van der Waals surface area contributed by atoms with Crippen molar-refractivity contribution in [3.8, 4) is 11.8 Å². The number of benzene rings is 1. The maximum absolute atomic E-state index is 10.6. The Morgan fingerprint density at radius 2 is 1.94 bits per heavy atom. The van der Waals surface area contributed by atoms with Gasteiger partial charge in [-0.15, -0.1) is 0 Å². The summed E-state index contributed by atoms with van der Waals surface area (Å²) >= 11 is 0. The molecule has 0 fully saturated rings. The van der Waals surface area contributed by atoms with Crippen molar-refractivity contribution in [1.29, 1.82) is 0 Å². The van der Waals surface area contributed by atoms with E-state index in [9.17, 15) is 9.59 Å². The maximum Gasteiger partial charge on any atom is 0.307 e. The molecule has 0 saturated carbocycles. The van der Waals surface area contributed by atoms with Crippen molar-refractivity contribution >= 4 is 11.9 Å². The Morgan fingerprint density at radius 1 is 1.29 bits per heavy atom. The van der Waals surface area contributed by atoms with Crippen LogP contribution < -0.4 is 5.32 Å². The number of aliphatic carboxylic acids is 1. The van der Waals surface area contributed by atoms with Crippen molar-refractivity contribution in [2.45, 2.75) is 13.3 Å². The number of carboxylic acid groups (broad SMARTS) is 1. The number of amides is 1.